The lowest BCUT2D eigenvalue weighted by Crippen LogP contribution is -2.21. The molecule has 0 spiro atoms. The second-order valence-electron chi connectivity index (χ2n) is 5.81. The third-order valence-corrected chi connectivity index (χ3v) is 5.18. The van der Waals surface area contributed by atoms with Crippen LogP contribution in [0.25, 0.3) is 0 Å². The Balaban J connectivity index is 1.93. The lowest BCUT2D eigenvalue weighted by atomic mass is 9.83. The van der Waals surface area contributed by atoms with Crippen LogP contribution in [-0.2, 0) is 0 Å². The number of hydrogen-bond donors (Lipinski definition) is 0. The summed E-state index contributed by atoms with van der Waals surface area (Å²) in [5.74, 6) is 2.60. The van der Waals surface area contributed by atoms with Gasteiger partial charge in [-0.3, -0.25) is 4.79 Å². The number of halogens is 1. The predicted octanol–water partition coefficient (Wildman–Crippen LogP) is 3.98. The van der Waals surface area contributed by atoms with Crippen LogP contribution in [0, 0.1) is 17.8 Å². The predicted molar refractivity (Wildman–Crippen MR) is 77.8 cm³/mol. The normalized spacial score (nSPS) is 27.6. The van der Waals surface area contributed by atoms with Crippen molar-refractivity contribution in [1.82, 2.24) is 0 Å². The molecule has 3 rings (SSSR count). The van der Waals surface area contributed by atoms with Gasteiger partial charge >= 0.3 is 0 Å². The van der Waals surface area contributed by atoms with Crippen molar-refractivity contribution in [1.29, 1.82) is 0 Å². The van der Waals surface area contributed by atoms with E-state index in [9.17, 15) is 4.79 Å². The average Bonchev–Trinajstić information content (AvgIpc) is 3.08. The smallest absolute Gasteiger partial charge is 0.170 e. The second-order valence-corrected chi connectivity index (χ2v) is 6.19. The Hall–Kier alpha value is -1.22. The molecule has 3 unspecified atom stereocenters. The summed E-state index contributed by atoms with van der Waals surface area (Å²) in [5.41, 5.74) is 0.593. The zero-order valence-electron chi connectivity index (χ0n) is 11.8. The van der Waals surface area contributed by atoms with E-state index in [1.165, 1.54) is 26.4 Å². The third-order valence-electron chi connectivity index (χ3n) is 4.83. The number of rotatable bonds is 4. The van der Waals surface area contributed by atoms with Crippen LogP contribution in [0.1, 0.15) is 36.0 Å². The molecule has 0 amide bonds. The van der Waals surface area contributed by atoms with E-state index in [1.807, 2.05) is 0 Å². The summed E-state index contributed by atoms with van der Waals surface area (Å²) < 4.78 is 10.5. The van der Waals surface area contributed by atoms with Crippen LogP contribution in [0.2, 0.25) is 5.02 Å². The molecule has 3 atom stereocenters. The van der Waals surface area contributed by atoms with Crippen LogP contribution in [0.5, 0.6) is 11.5 Å². The Morgan fingerprint density at radius 3 is 2.55 bits per heavy atom. The number of Topliss-reactive ketones (excluding diaryl/α,β-unsaturated/α-hetero) is 1. The van der Waals surface area contributed by atoms with Gasteiger partial charge in [-0.1, -0.05) is 18.0 Å². The van der Waals surface area contributed by atoms with E-state index in [1.54, 1.807) is 19.2 Å². The highest BCUT2D eigenvalue weighted by molar-refractivity contribution is 6.34. The topological polar surface area (TPSA) is 35.5 Å². The van der Waals surface area contributed by atoms with E-state index in [0.29, 0.717) is 28.0 Å². The van der Waals surface area contributed by atoms with Crippen molar-refractivity contribution in [2.75, 3.05) is 14.2 Å². The van der Waals surface area contributed by atoms with Gasteiger partial charge in [0.1, 0.15) is 10.8 Å². The fourth-order valence-electron chi connectivity index (χ4n) is 3.85. The molecule has 0 radical (unpaired) electrons. The van der Waals surface area contributed by atoms with Crippen LogP contribution < -0.4 is 9.47 Å². The van der Waals surface area contributed by atoms with Gasteiger partial charge in [-0.15, -0.1) is 0 Å². The van der Waals surface area contributed by atoms with Gasteiger partial charge in [-0.05, 0) is 43.2 Å². The summed E-state index contributed by atoms with van der Waals surface area (Å²) in [4.78, 5) is 12.8. The Labute approximate surface area is 124 Å². The summed E-state index contributed by atoms with van der Waals surface area (Å²) in [5, 5.41) is 0.379. The van der Waals surface area contributed by atoms with Crippen molar-refractivity contribution >= 4 is 17.4 Å². The molecule has 2 saturated carbocycles. The quantitative estimate of drug-likeness (QED) is 0.788. The van der Waals surface area contributed by atoms with Gasteiger partial charge in [0.15, 0.2) is 11.5 Å². The molecule has 4 heteroatoms. The van der Waals surface area contributed by atoms with Crippen LogP contribution >= 0.6 is 11.6 Å². The molecule has 2 aliphatic rings. The third kappa shape index (κ3) is 2.08. The molecular weight excluding hydrogens is 276 g/mol. The Bertz CT molecular complexity index is 541. The molecule has 1 aromatic carbocycles. The highest BCUT2D eigenvalue weighted by Crippen LogP contribution is 2.50. The van der Waals surface area contributed by atoms with Crippen molar-refractivity contribution in [3.8, 4) is 11.5 Å². The summed E-state index contributed by atoms with van der Waals surface area (Å²) in [6.45, 7) is 0. The van der Waals surface area contributed by atoms with Crippen LogP contribution in [0.4, 0.5) is 0 Å². The van der Waals surface area contributed by atoms with E-state index < -0.39 is 0 Å². The first-order chi connectivity index (χ1) is 9.65. The maximum Gasteiger partial charge on any atom is 0.170 e. The van der Waals surface area contributed by atoms with Gasteiger partial charge in [0.05, 0.1) is 19.8 Å². The van der Waals surface area contributed by atoms with Crippen molar-refractivity contribution in [3.05, 3.63) is 22.7 Å². The van der Waals surface area contributed by atoms with Crippen molar-refractivity contribution in [3.63, 3.8) is 0 Å². The molecule has 3 nitrogen and oxygen atoms in total. The average molecular weight is 295 g/mol. The Morgan fingerprint density at radius 2 is 2.00 bits per heavy atom. The summed E-state index contributed by atoms with van der Waals surface area (Å²) in [6.07, 6.45) is 4.71. The lowest BCUT2D eigenvalue weighted by molar-refractivity contribution is 0.0871. The largest absolute Gasteiger partial charge is 0.495 e. The van der Waals surface area contributed by atoms with Gasteiger partial charge in [-0.25, -0.2) is 0 Å². The highest BCUT2D eigenvalue weighted by Gasteiger charge is 2.43. The number of ketones is 1. The van der Waals surface area contributed by atoms with Gasteiger partial charge in [0.25, 0.3) is 0 Å². The molecule has 20 heavy (non-hydrogen) atoms. The first-order valence-electron chi connectivity index (χ1n) is 7.10. The Morgan fingerprint density at radius 1 is 1.20 bits per heavy atom. The van der Waals surface area contributed by atoms with E-state index in [-0.39, 0.29) is 11.7 Å². The molecule has 2 fully saturated rings. The molecule has 108 valence electrons. The summed E-state index contributed by atoms with van der Waals surface area (Å²) in [7, 11) is 3.09. The molecule has 0 N–H and O–H groups in total. The second kappa shape index (κ2) is 5.28. The lowest BCUT2D eigenvalue weighted by Gasteiger charge is -2.22. The highest BCUT2D eigenvalue weighted by atomic mass is 35.5. The van der Waals surface area contributed by atoms with Crippen LogP contribution in [-0.4, -0.2) is 20.0 Å². The van der Waals surface area contributed by atoms with Gasteiger partial charge in [-0.2, -0.15) is 0 Å². The first kappa shape index (κ1) is 13.7. The maximum atomic E-state index is 12.8. The number of benzene rings is 1. The minimum Gasteiger partial charge on any atom is -0.495 e. The van der Waals surface area contributed by atoms with E-state index >= 15 is 0 Å². The number of methoxy groups -OCH3 is 2. The summed E-state index contributed by atoms with van der Waals surface area (Å²) >= 11 is 6.24. The first-order valence-corrected chi connectivity index (χ1v) is 7.48. The number of hydrogen-bond acceptors (Lipinski definition) is 3. The molecular formula is C16H19ClO3. The van der Waals surface area contributed by atoms with Gasteiger partial charge < -0.3 is 9.47 Å². The van der Waals surface area contributed by atoms with Gasteiger partial charge in [0.2, 0.25) is 0 Å². The number of carbonyl (C=O) groups excluding carboxylic acids is 1. The monoisotopic (exact) mass is 294 g/mol. The van der Waals surface area contributed by atoms with Crippen molar-refractivity contribution in [2.45, 2.75) is 25.7 Å². The van der Waals surface area contributed by atoms with Crippen LogP contribution in [0.15, 0.2) is 12.1 Å². The molecule has 1 aromatic rings. The molecule has 2 bridgehead atoms. The summed E-state index contributed by atoms with van der Waals surface area (Å²) in [6, 6.07) is 3.52. The van der Waals surface area contributed by atoms with Crippen molar-refractivity contribution < 1.29 is 14.3 Å². The molecule has 0 aliphatic heterocycles. The van der Waals surface area contributed by atoms with Crippen LogP contribution in [0.3, 0.4) is 0 Å². The van der Waals surface area contributed by atoms with E-state index in [4.69, 9.17) is 21.1 Å². The van der Waals surface area contributed by atoms with E-state index in [0.717, 1.165) is 12.3 Å². The minimum absolute atomic E-state index is 0.145. The fraction of sp³-hybridized carbons (Fsp3) is 0.562. The van der Waals surface area contributed by atoms with Crippen molar-refractivity contribution in [2.24, 2.45) is 17.8 Å². The van der Waals surface area contributed by atoms with E-state index in [2.05, 4.69) is 0 Å². The number of ether oxygens (including phenoxy) is 2. The minimum atomic E-state index is 0.145. The maximum absolute atomic E-state index is 12.8. The molecule has 0 heterocycles. The zero-order valence-corrected chi connectivity index (χ0v) is 12.6. The van der Waals surface area contributed by atoms with Gasteiger partial charge in [0, 0.05) is 5.92 Å². The number of carbonyl (C=O) groups is 1. The molecule has 2 aliphatic carbocycles. The number of fused-ring (bicyclic) bond motifs is 2. The molecule has 0 saturated heterocycles. The zero-order chi connectivity index (χ0) is 14.3. The SMILES string of the molecule is COc1ccc(C(=O)C2CC3CCC2C3)c(OC)c1Cl. The molecule has 0 aromatic heterocycles. The standard InChI is InChI=1S/C16H19ClO3/c1-19-13-6-5-11(16(20-2)14(13)17)15(18)12-8-9-3-4-10(12)7-9/h5-6,9-10,12H,3-4,7-8H2,1-2H3. The fourth-order valence-corrected chi connectivity index (χ4v) is 4.17. The Kier molecular flexibility index (Phi) is 3.63.